The lowest BCUT2D eigenvalue weighted by molar-refractivity contribution is 0.467. The standard InChI is InChI=1S/C21H24ClN3O/c1-13(2)16-9-7-14(3)11-20(16)26-19-6-4-5-18(22)17(19)10-8-15-12-21(23)25-24-15/h4-7,9,11,13H,8,10,12H2,1-3H3,(H2,23,25). The van der Waals surface area contributed by atoms with Crippen LogP contribution in [0, 0.1) is 6.92 Å². The summed E-state index contributed by atoms with van der Waals surface area (Å²) in [5.41, 5.74) is 10.0. The van der Waals surface area contributed by atoms with Gasteiger partial charge >= 0.3 is 0 Å². The fourth-order valence-electron chi connectivity index (χ4n) is 3.02. The van der Waals surface area contributed by atoms with Crippen LogP contribution in [0.15, 0.2) is 46.6 Å². The molecule has 0 bridgehead atoms. The van der Waals surface area contributed by atoms with E-state index in [2.05, 4.69) is 49.2 Å². The van der Waals surface area contributed by atoms with Crippen LogP contribution < -0.4 is 10.5 Å². The maximum Gasteiger partial charge on any atom is 0.132 e. The molecule has 2 aromatic rings. The Morgan fingerprint density at radius 1 is 1.12 bits per heavy atom. The van der Waals surface area contributed by atoms with E-state index in [-0.39, 0.29) is 0 Å². The second-order valence-corrected chi connectivity index (χ2v) is 7.36. The molecular weight excluding hydrogens is 346 g/mol. The first-order valence-electron chi connectivity index (χ1n) is 8.87. The number of rotatable bonds is 6. The number of halogens is 1. The first-order valence-corrected chi connectivity index (χ1v) is 9.25. The van der Waals surface area contributed by atoms with Crippen molar-refractivity contribution in [2.24, 2.45) is 15.9 Å². The second kappa shape index (κ2) is 7.92. The van der Waals surface area contributed by atoms with Crippen molar-refractivity contribution in [1.82, 2.24) is 0 Å². The van der Waals surface area contributed by atoms with E-state index in [0.717, 1.165) is 35.6 Å². The molecule has 0 saturated heterocycles. The van der Waals surface area contributed by atoms with Crippen LogP contribution in [0.1, 0.15) is 49.3 Å². The Hall–Kier alpha value is -2.33. The molecule has 0 fully saturated rings. The molecule has 0 radical (unpaired) electrons. The molecule has 2 aromatic carbocycles. The molecule has 26 heavy (non-hydrogen) atoms. The Kier molecular flexibility index (Phi) is 5.62. The van der Waals surface area contributed by atoms with Crippen molar-refractivity contribution >= 4 is 23.1 Å². The molecule has 3 rings (SSSR count). The van der Waals surface area contributed by atoms with E-state index in [1.807, 2.05) is 18.2 Å². The van der Waals surface area contributed by atoms with Crippen molar-refractivity contribution in [3.05, 3.63) is 58.1 Å². The highest BCUT2D eigenvalue weighted by atomic mass is 35.5. The Balaban J connectivity index is 1.85. The number of amidine groups is 1. The summed E-state index contributed by atoms with van der Waals surface area (Å²) in [6.07, 6.45) is 2.13. The molecule has 0 aliphatic carbocycles. The number of ether oxygens (including phenoxy) is 1. The molecule has 5 heteroatoms. The van der Waals surface area contributed by atoms with Gasteiger partial charge in [-0.05, 0) is 55.0 Å². The van der Waals surface area contributed by atoms with Gasteiger partial charge in [-0.2, -0.15) is 5.10 Å². The average molecular weight is 370 g/mol. The first kappa shape index (κ1) is 18.5. The maximum atomic E-state index is 6.47. The predicted octanol–water partition coefficient (Wildman–Crippen LogP) is 5.61. The van der Waals surface area contributed by atoms with E-state index >= 15 is 0 Å². The van der Waals surface area contributed by atoms with Crippen molar-refractivity contribution in [2.45, 2.75) is 46.0 Å². The fraction of sp³-hybridized carbons (Fsp3) is 0.333. The third kappa shape index (κ3) is 4.25. The van der Waals surface area contributed by atoms with Crippen LogP contribution in [0.25, 0.3) is 0 Å². The molecule has 0 spiro atoms. The monoisotopic (exact) mass is 369 g/mol. The summed E-state index contributed by atoms with van der Waals surface area (Å²) in [5.74, 6) is 2.62. The van der Waals surface area contributed by atoms with Gasteiger partial charge in [0.1, 0.15) is 17.3 Å². The van der Waals surface area contributed by atoms with Crippen LogP contribution in [0.5, 0.6) is 11.5 Å². The predicted molar refractivity (Wildman–Crippen MR) is 109 cm³/mol. The van der Waals surface area contributed by atoms with Gasteiger partial charge in [0.15, 0.2) is 0 Å². The van der Waals surface area contributed by atoms with Crippen LogP contribution in [0.2, 0.25) is 5.02 Å². The van der Waals surface area contributed by atoms with Crippen molar-refractivity contribution in [3.8, 4) is 11.5 Å². The largest absolute Gasteiger partial charge is 0.457 e. The molecule has 1 heterocycles. The van der Waals surface area contributed by atoms with Crippen molar-refractivity contribution in [3.63, 3.8) is 0 Å². The summed E-state index contributed by atoms with van der Waals surface area (Å²) in [6.45, 7) is 6.40. The Morgan fingerprint density at radius 3 is 2.62 bits per heavy atom. The van der Waals surface area contributed by atoms with Gasteiger partial charge in [-0.3, -0.25) is 0 Å². The van der Waals surface area contributed by atoms with Crippen LogP contribution in [-0.4, -0.2) is 11.5 Å². The summed E-state index contributed by atoms with van der Waals surface area (Å²) in [6, 6.07) is 12.1. The van der Waals surface area contributed by atoms with E-state index < -0.39 is 0 Å². The molecule has 0 aromatic heterocycles. The molecule has 0 atom stereocenters. The number of aryl methyl sites for hydroxylation is 1. The highest BCUT2D eigenvalue weighted by molar-refractivity contribution is 6.31. The van der Waals surface area contributed by atoms with Gasteiger partial charge in [0.25, 0.3) is 0 Å². The summed E-state index contributed by atoms with van der Waals surface area (Å²) in [4.78, 5) is 0. The zero-order chi connectivity index (χ0) is 18.7. The fourth-order valence-corrected chi connectivity index (χ4v) is 3.29. The first-order chi connectivity index (χ1) is 12.4. The Morgan fingerprint density at radius 2 is 1.92 bits per heavy atom. The zero-order valence-electron chi connectivity index (χ0n) is 15.4. The molecule has 2 N–H and O–H groups in total. The summed E-state index contributed by atoms with van der Waals surface area (Å²) >= 11 is 6.47. The van der Waals surface area contributed by atoms with Crippen molar-refractivity contribution < 1.29 is 4.74 Å². The smallest absolute Gasteiger partial charge is 0.132 e. The topological polar surface area (TPSA) is 60.0 Å². The van der Waals surface area contributed by atoms with E-state index in [0.29, 0.717) is 23.2 Å². The Bertz CT molecular complexity index is 872. The molecule has 0 amide bonds. The van der Waals surface area contributed by atoms with Gasteiger partial charge in [-0.1, -0.05) is 43.6 Å². The van der Waals surface area contributed by atoms with Crippen LogP contribution in [0.4, 0.5) is 0 Å². The molecule has 1 aliphatic rings. The summed E-state index contributed by atoms with van der Waals surface area (Å²) < 4.78 is 6.32. The molecule has 4 nitrogen and oxygen atoms in total. The third-order valence-corrected chi connectivity index (χ3v) is 4.81. The van der Waals surface area contributed by atoms with Crippen molar-refractivity contribution in [2.75, 3.05) is 0 Å². The molecule has 136 valence electrons. The lowest BCUT2D eigenvalue weighted by Gasteiger charge is -2.17. The highest BCUT2D eigenvalue weighted by Crippen LogP contribution is 2.36. The van der Waals surface area contributed by atoms with E-state index in [4.69, 9.17) is 22.1 Å². The molecule has 0 unspecified atom stereocenters. The zero-order valence-corrected chi connectivity index (χ0v) is 16.2. The highest BCUT2D eigenvalue weighted by Gasteiger charge is 2.16. The van der Waals surface area contributed by atoms with E-state index in [1.54, 1.807) is 0 Å². The van der Waals surface area contributed by atoms with Gasteiger partial charge in [-0.25, -0.2) is 0 Å². The van der Waals surface area contributed by atoms with Crippen LogP contribution >= 0.6 is 11.6 Å². The molecular formula is C21H24ClN3O. The number of benzene rings is 2. The lowest BCUT2D eigenvalue weighted by Crippen LogP contribution is -2.12. The van der Waals surface area contributed by atoms with E-state index in [1.165, 1.54) is 11.1 Å². The third-order valence-electron chi connectivity index (χ3n) is 4.46. The van der Waals surface area contributed by atoms with Gasteiger partial charge in [0.05, 0.1) is 0 Å². The number of hydrogen-bond acceptors (Lipinski definition) is 4. The quantitative estimate of drug-likeness (QED) is 0.718. The molecule has 1 aliphatic heterocycles. The SMILES string of the molecule is Cc1ccc(C(C)C)c(Oc2cccc(Cl)c2CCC2=NN=C(N)C2)c1. The van der Waals surface area contributed by atoms with Gasteiger partial charge in [0.2, 0.25) is 0 Å². The minimum Gasteiger partial charge on any atom is -0.457 e. The number of nitrogens with two attached hydrogens (primary N) is 1. The minimum absolute atomic E-state index is 0.376. The van der Waals surface area contributed by atoms with Gasteiger partial charge in [0, 0.05) is 22.7 Å². The van der Waals surface area contributed by atoms with Gasteiger partial charge in [-0.15, -0.1) is 5.10 Å². The lowest BCUT2D eigenvalue weighted by atomic mass is 10.0. The van der Waals surface area contributed by atoms with Crippen LogP contribution in [-0.2, 0) is 6.42 Å². The second-order valence-electron chi connectivity index (χ2n) is 6.95. The van der Waals surface area contributed by atoms with Crippen molar-refractivity contribution in [1.29, 1.82) is 0 Å². The Labute approximate surface area is 159 Å². The van der Waals surface area contributed by atoms with Gasteiger partial charge < -0.3 is 10.5 Å². The number of hydrogen-bond donors (Lipinski definition) is 1. The minimum atomic E-state index is 0.376. The summed E-state index contributed by atoms with van der Waals surface area (Å²) in [7, 11) is 0. The maximum absolute atomic E-state index is 6.47. The molecule has 0 saturated carbocycles. The average Bonchev–Trinajstić information content (AvgIpc) is 2.99. The number of nitrogens with zero attached hydrogens (tertiary/aromatic N) is 2. The van der Waals surface area contributed by atoms with Crippen LogP contribution in [0.3, 0.4) is 0 Å². The summed E-state index contributed by atoms with van der Waals surface area (Å²) in [5, 5.41) is 8.72. The van der Waals surface area contributed by atoms with E-state index in [9.17, 15) is 0 Å². The normalized spacial score (nSPS) is 13.7.